The van der Waals surface area contributed by atoms with Gasteiger partial charge in [0, 0.05) is 68.9 Å². The van der Waals surface area contributed by atoms with Gasteiger partial charge in [-0.2, -0.15) is 0 Å². The Morgan fingerprint density at radius 1 is 1.00 bits per heavy atom. The standard InChI is InChI=1S/C31H37FN6O5S/c1-5-6-28-36-29(21-17-23(41-2)20-24(18-21)42-3)30(43-28)26-9-10-33-31(35-26)34-22-7-8-27(25(32)19-22)38-13-11-37(12-14-38)15-16-44(4,39)40/h7-10,17-20H,5-6,11-16H2,1-4H3,(H,33,34,35). The molecule has 4 aromatic rings. The number of piperazine rings is 1. The zero-order valence-corrected chi connectivity index (χ0v) is 26.2. The molecule has 0 bridgehead atoms. The molecule has 0 unspecified atom stereocenters. The smallest absolute Gasteiger partial charge is 0.227 e. The van der Waals surface area contributed by atoms with E-state index in [-0.39, 0.29) is 17.5 Å². The van der Waals surface area contributed by atoms with Crippen molar-refractivity contribution >= 4 is 27.2 Å². The molecule has 0 saturated carbocycles. The minimum atomic E-state index is -3.02. The van der Waals surface area contributed by atoms with Crippen molar-refractivity contribution in [3.05, 3.63) is 60.4 Å². The zero-order valence-electron chi connectivity index (χ0n) is 25.3. The molecule has 0 spiro atoms. The highest BCUT2D eigenvalue weighted by atomic mass is 32.2. The first kappa shape index (κ1) is 31.2. The van der Waals surface area contributed by atoms with Crippen LogP contribution in [0, 0.1) is 5.82 Å². The van der Waals surface area contributed by atoms with E-state index in [9.17, 15) is 8.42 Å². The number of hydrogen-bond donors (Lipinski definition) is 1. The molecule has 1 N–H and O–H groups in total. The molecular weight excluding hydrogens is 587 g/mol. The van der Waals surface area contributed by atoms with E-state index in [1.165, 1.54) is 12.3 Å². The maximum Gasteiger partial charge on any atom is 0.227 e. The number of nitrogens with zero attached hydrogens (tertiary/aromatic N) is 5. The number of hydrogen-bond acceptors (Lipinski definition) is 11. The maximum absolute atomic E-state index is 15.3. The van der Waals surface area contributed by atoms with Gasteiger partial charge in [0.25, 0.3) is 0 Å². The van der Waals surface area contributed by atoms with Crippen molar-refractivity contribution in [1.29, 1.82) is 0 Å². The third kappa shape index (κ3) is 7.64. The van der Waals surface area contributed by atoms with Crippen LogP contribution in [0.5, 0.6) is 11.5 Å². The first-order chi connectivity index (χ1) is 21.1. The van der Waals surface area contributed by atoms with Crippen LogP contribution in [0.4, 0.5) is 21.7 Å². The van der Waals surface area contributed by atoms with Crippen molar-refractivity contribution in [3.63, 3.8) is 0 Å². The van der Waals surface area contributed by atoms with Gasteiger partial charge in [-0.3, -0.25) is 4.90 Å². The molecule has 0 amide bonds. The molecule has 0 radical (unpaired) electrons. The summed E-state index contributed by atoms with van der Waals surface area (Å²) in [6.45, 7) is 5.09. The Kier molecular flexibility index (Phi) is 9.64. The van der Waals surface area contributed by atoms with Crippen molar-refractivity contribution < 1.29 is 26.7 Å². The van der Waals surface area contributed by atoms with Crippen molar-refractivity contribution in [2.24, 2.45) is 0 Å². The average Bonchev–Trinajstić information content (AvgIpc) is 3.44. The fourth-order valence-electron chi connectivity index (χ4n) is 5.02. The van der Waals surface area contributed by atoms with E-state index in [2.05, 4.69) is 27.1 Å². The summed E-state index contributed by atoms with van der Waals surface area (Å²) in [4.78, 5) is 17.8. The highest BCUT2D eigenvalue weighted by molar-refractivity contribution is 7.90. The third-order valence-electron chi connectivity index (χ3n) is 7.34. The topological polar surface area (TPSA) is 123 Å². The minimum absolute atomic E-state index is 0.123. The van der Waals surface area contributed by atoms with Gasteiger partial charge in [0.15, 0.2) is 11.7 Å². The van der Waals surface area contributed by atoms with Gasteiger partial charge in [0.1, 0.15) is 38.5 Å². The van der Waals surface area contributed by atoms with Gasteiger partial charge in [-0.1, -0.05) is 6.92 Å². The Bertz CT molecular complexity index is 1680. The molecule has 2 aromatic carbocycles. The van der Waals surface area contributed by atoms with Crippen LogP contribution in [0.15, 0.2) is 53.1 Å². The Balaban J connectivity index is 1.34. The average molecular weight is 625 g/mol. The summed E-state index contributed by atoms with van der Waals surface area (Å²) in [5, 5.41) is 3.10. The second-order valence-corrected chi connectivity index (χ2v) is 12.9. The zero-order chi connectivity index (χ0) is 31.3. The fourth-order valence-corrected chi connectivity index (χ4v) is 5.61. The number of nitrogens with one attached hydrogen (secondary N) is 1. The van der Waals surface area contributed by atoms with Gasteiger partial charge in [-0.05, 0) is 42.8 Å². The predicted molar refractivity (Wildman–Crippen MR) is 168 cm³/mol. The van der Waals surface area contributed by atoms with Crippen LogP contribution in [-0.4, -0.2) is 87.2 Å². The number of sulfone groups is 1. The first-order valence-corrected chi connectivity index (χ1v) is 16.5. The normalized spacial score (nSPS) is 14.1. The Labute approximate surface area is 257 Å². The lowest BCUT2D eigenvalue weighted by molar-refractivity contribution is 0.271. The lowest BCUT2D eigenvalue weighted by Gasteiger charge is -2.36. The number of rotatable bonds is 12. The molecule has 3 heterocycles. The van der Waals surface area contributed by atoms with Crippen LogP contribution in [0.2, 0.25) is 0 Å². The SMILES string of the molecule is CCCc1nc(-c2cc(OC)cc(OC)c2)c(-c2ccnc(Nc3ccc(N4CCN(CCS(C)(=O)=O)CC4)c(F)c3)n2)o1. The molecule has 13 heteroatoms. The highest BCUT2D eigenvalue weighted by Gasteiger charge is 2.22. The summed E-state index contributed by atoms with van der Waals surface area (Å²) in [6.07, 6.45) is 4.37. The lowest BCUT2D eigenvalue weighted by Crippen LogP contribution is -2.47. The maximum atomic E-state index is 15.3. The largest absolute Gasteiger partial charge is 0.497 e. The fraction of sp³-hybridized carbons (Fsp3) is 0.387. The van der Waals surface area contributed by atoms with Gasteiger partial charge in [-0.15, -0.1) is 0 Å². The number of oxazole rings is 1. The van der Waals surface area contributed by atoms with Crippen LogP contribution >= 0.6 is 0 Å². The molecule has 1 saturated heterocycles. The molecule has 234 valence electrons. The van der Waals surface area contributed by atoms with E-state index >= 15 is 4.39 Å². The molecule has 0 atom stereocenters. The molecule has 1 fully saturated rings. The number of aromatic nitrogens is 3. The van der Waals surface area contributed by atoms with Crippen LogP contribution in [0.25, 0.3) is 22.7 Å². The van der Waals surface area contributed by atoms with Gasteiger partial charge in [0.2, 0.25) is 5.95 Å². The van der Waals surface area contributed by atoms with E-state index in [4.69, 9.17) is 18.9 Å². The quantitative estimate of drug-likeness (QED) is 0.233. The highest BCUT2D eigenvalue weighted by Crippen LogP contribution is 2.36. The van der Waals surface area contributed by atoms with Gasteiger partial charge in [0.05, 0.1) is 25.7 Å². The Morgan fingerprint density at radius 3 is 2.36 bits per heavy atom. The van der Waals surface area contributed by atoms with Crippen molar-refractivity contribution in [1.82, 2.24) is 19.9 Å². The second kappa shape index (κ2) is 13.6. The molecule has 11 nitrogen and oxygen atoms in total. The minimum Gasteiger partial charge on any atom is -0.497 e. The summed E-state index contributed by atoms with van der Waals surface area (Å²) in [5.74, 6) is 2.33. The monoisotopic (exact) mass is 624 g/mol. The van der Waals surface area contributed by atoms with E-state index < -0.39 is 9.84 Å². The number of benzene rings is 2. The second-order valence-electron chi connectivity index (χ2n) is 10.7. The number of halogens is 1. The number of methoxy groups -OCH3 is 2. The number of ether oxygens (including phenoxy) is 2. The van der Waals surface area contributed by atoms with Crippen molar-refractivity contribution in [3.8, 4) is 34.2 Å². The summed E-state index contributed by atoms with van der Waals surface area (Å²) in [5.41, 5.74) is 2.86. The van der Waals surface area contributed by atoms with E-state index in [1.807, 2.05) is 17.0 Å². The summed E-state index contributed by atoms with van der Waals surface area (Å²) < 4.78 is 55.3. The van der Waals surface area contributed by atoms with E-state index in [1.54, 1.807) is 44.7 Å². The number of anilines is 3. The summed E-state index contributed by atoms with van der Waals surface area (Å²) >= 11 is 0. The van der Waals surface area contributed by atoms with Crippen molar-refractivity contribution in [2.75, 3.05) is 69.2 Å². The molecule has 2 aromatic heterocycles. The molecule has 1 aliphatic rings. The van der Waals surface area contributed by atoms with Crippen LogP contribution < -0.4 is 19.7 Å². The van der Waals surface area contributed by atoms with Crippen molar-refractivity contribution in [2.45, 2.75) is 19.8 Å². The number of aryl methyl sites for hydroxylation is 1. The van der Waals surface area contributed by atoms with E-state index in [0.29, 0.717) is 85.1 Å². The van der Waals surface area contributed by atoms with Crippen LogP contribution in [0.3, 0.4) is 0 Å². The Morgan fingerprint density at radius 2 is 1.73 bits per heavy atom. The first-order valence-electron chi connectivity index (χ1n) is 14.4. The Hall–Kier alpha value is -4.23. The van der Waals surface area contributed by atoms with Crippen LogP contribution in [0.1, 0.15) is 19.2 Å². The van der Waals surface area contributed by atoms with Gasteiger partial charge in [-0.25, -0.2) is 27.8 Å². The predicted octanol–water partition coefficient (Wildman–Crippen LogP) is 4.82. The molecule has 0 aliphatic carbocycles. The molecule has 1 aliphatic heterocycles. The molecule has 44 heavy (non-hydrogen) atoms. The lowest BCUT2D eigenvalue weighted by atomic mass is 10.1. The molecular formula is C31H37FN6O5S. The van der Waals surface area contributed by atoms with E-state index in [0.717, 1.165) is 12.0 Å². The third-order valence-corrected chi connectivity index (χ3v) is 8.27. The molecule has 5 rings (SSSR count). The van der Waals surface area contributed by atoms with Gasteiger partial charge < -0.3 is 24.1 Å². The summed E-state index contributed by atoms with van der Waals surface area (Å²) in [6, 6.07) is 12.2. The van der Waals surface area contributed by atoms with Gasteiger partial charge >= 0.3 is 0 Å². The van der Waals surface area contributed by atoms with Crippen LogP contribution in [-0.2, 0) is 16.3 Å². The summed E-state index contributed by atoms with van der Waals surface area (Å²) in [7, 11) is 0.164.